The number of rotatable bonds is 1. The first-order valence-electron chi connectivity index (χ1n) is 3.53. The van der Waals surface area contributed by atoms with E-state index in [4.69, 9.17) is 17.3 Å². The maximum Gasteiger partial charge on any atom is 0.268 e. The summed E-state index contributed by atoms with van der Waals surface area (Å²) in [6, 6.07) is 0. The van der Waals surface area contributed by atoms with E-state index >= 15 is 0 Å². The standard InChI is InChI=1S/C7H6ClN3OS/c1-3-2-11-4(6(9)12)5(8)10-7(11)13-3/h2H,1H3,(H2,9,12). The van der Waals surface area contributed by atoms with Crippen LogP contribution in [0.2, 0.25) is 5.15 Å². The second-order valence-corrected chi connectivity index (χ2v) is 4.18. The van der Waals surface area contributed by atoms with Crippen LogP contribution in [-0.4, -0.2) is 15.3 Å². The quantitative estimate of drug-likeness (QED) is 0.783. The fourth-order valence-electron chi connectivity index (χ4n) is 1.15. The number of halogens is 1. The molecule has 0 saturated carbocycles. The second-order valence-electron chi connectivity index (χ2n) is 2.61. The summed E-state index contributed by atoms with van der Waals surface area (Å²) in [5, 5.41) is 0.166. The van der Waals surface area contributed by atoms with E-state index in [2.05, 4.69) is 4.98 Å². The highest BCUT2D eigenvalue weighted by Crippen LogP contribution is 2.23. The van der Waals surface area contributed by atoms with Crippen molar-refractivity contribution in [3.05, 3.63) is 21.9 Å². The summed E-state index contributed by atoms with van der Waals surface area (Å²) >= 11 is 7.19. The third-order valence-corrected chi connectivity index (χ3v) is 2.79. The van der Waals surface area contributed by atoms with Crippen molar-refractivity contribution in [1.29, 1.82) is 0 Å². The van der Waals surface area contributed by atoms with E-state index in [9.17, 15) is 4.79 Å². The highest BCUT2D eigenvalue weighted by atomic mass is 35.5. The van der Waals surface area contributed by atoms with Gasteiger partial charge in [0, 0.05) is 11.1 Å². The average Bonchev–Trinajstić information content (AvgIpc) is 2.41. The zero-order valence-electron chi connectivity index (χ0n) is 6.74. The Bertz CT molecular complexity index is 487. The Balaban J connectivity index is 2.83. The van der Waals surface area contributed by atoms with Gasteiger partial charge in [0.05, 0.1) is 0 Å². The van der Waals surface area contributed by atoms with Gasteiger partial charge in [-0.3, -0.25) is 9.20 Å². The van der Waals surface area contributed by atoms with Gasteiger partial charge < -0.3 is 5.73 Å². The lowest BCUT2D eigenvalue weighted by molar-refractivity contribution is 0.0995. The monoisotopic (exact) mass is 215 g/mol. The predicted octanol–water partition coefficient (Wildman–Crippen LogP) is 1.46. The number of carbonyl (C=O) groups is 1. The summed E-state index contributed by atoms with van der Waals surface area (Å²) in [6.07, 6.45) is 1.79. The number of hydrogen-bond acceptors (Lipinski definition) is 3. The second kappa shape index (κ2) is 2.71. The number of carbonyl (C=O) groups excluding carboxylic acids is 1. The van der Waals surface area contributed by atoms with Gasteiger partial charge in [0.25, 0.3) is 5.91 Å². The third kappa shape index (κ3) is 1.20. The molecule has 0 fully saturated rings. The Morgan fingerprint density at radius 1 is 1.77 bits per heavy atom. The molecule has 13 heavy (non-hydrogen) atoms. The van der Waals surface area contributed by atoms with Gasteiger partial charge >= 0.3 is 0 Å². The Kier molecular flexibility index (Phi) is 1.78. The fraction of sp³-hybridized carbons (Fsp3) is 0.143. The first-order chi connectivity index (χ1) is 6.09. The van der Waals surface area contributed by atoms with Gasteiger partial charge in [-0.25, -0.2) is 4.98 Å². The van der Waals surface area contributed by atoms with Gasteiger partial charge in [0.15, 0.2) is 15.8 Å². The molecule has 68 valence electrons. The average molecular weight is 216 g/mol. The van der Waals surface area contributed by atoms with Crippen LogP contribution in [0.5, 0.6) is 0 Å². The van der Waals surface area contributed by atoms with Crippen LogP contribution in [0.4, 0.5) is 0 Å². The smallest absolute Gasteiger partial charge is 0.268 e. The van der Waals surface area contributed by atoms with Crippen LogP contribution in [0, 0.1) is 6.92 Å². The molecule has 0 saturated heterocycles. The molecular weight excluding hydrogens is 210 g/mol. The molecule has 0 aliphatic carbocycles. The maximum atomic E-state index is 11.0. The van der Waals surface area contributed by atoms with Crippen LogP contribution >= 0.6 is 22.9 Å². The Hall–Kier alpha value is -1.07. The molecule has 6 heteroatoms. The zero-order chi connectivity index (χ0) is 9.59. The summed E-state index contributed by atoms with van der Waals surface area (Å²) < 4.78 is 1.62. The molecule has 0 aliphatic rings. The number of aryl methyl sites for hydroxylation is 1. The fourth-order valence-corrected chi connectivity index (χ4v) is 2.29. The molecule has 2 N–H and O–H groups in total. The minimum Gasteiger partial charge on any atom is -0.364 e. The van der Waals surface area contributed by atoms with Crippen molar-refractivity contribution in [1.82, 2.24) is 9.38 Å². The lowest BCUT2D eigenvalue weighted by Crippen LogP contribution is -2.13. The van der Waals surface area contributed by atoms with E-state index in [1.165, 1.54) is 11.3 Å². The minimum atomic E-state index is -0.560. The van der Waals surface area contributed by atoms with E-state index in [0.29, 0.717) is 4.96 Å². The molecule has 2 heterocycles. The molecule has 0 unspecified atom stereocenters. The number of nitrogens with two attached hydrogens (primary N) is 1. The zero-order valence-corrected chi connectivity index (χ0v) is 8.32. The van der Waals surface area contributed by atoms with Gasteiger partial charge in [-0.1, -0.05) is 11.6 Å². The minimum absolute atomic E-state index is 0.166. The van der Waals surface area contributed by atoms with Crippen molar-refractivity contribution < 1.29 is 4.79 Å². The van der Waals surface area contributed by atoms with Crippen LogP contribution in [0.1, 0.15) is 15.4 Å². The van der Waals surface area contributed by atoms with E-state index < -0.39 is 5.91 Å². The van der Waals surface area contributed by atoms with Crippen LogP contribution in [0.25, 0.3) is 4.96 Å². The van der Waals surface area contributed by atoms with Crippen molar-refractivity contribution in [2.45, 2.75) is 6.92 Å². The molecule has 0 atom stereocenters. The number of imidazole rings is 1. The molecule has 2 aromatic rings. The molecule has 0 radical (unpaired) electrons. The van der Waals surface area contributed by atoms with Crippen molar-refractivity contribution in [3.63, 3.8) is 0 Å². The molecule has 0 spiro atoms. The maximum absolute atomic E-state index is 11.0. The third-order valence-electron chi connectivity index (χ3n) is 1.63. The Labute approximate surface area is 82.9 Å². The van der Waals surface area contributed by atoms with E-state index in [0.717, 1.165) is 4.88 Å². The van der Waals surface area contributed by atoms with Gasteiger partial charge in [-0.2, -0.15) is 0 Å². The van der Waals surface area contributed by atoms with Crippen molar-refractivity contribution >= 4 is 33.8 Å². The van der Waals surface area contributed by atoms with Crippen molar-refractivity contribution in [3.8, 4) is 0 Å². The van der Waals surface area contributed by atoms with Gasteiger partial charge in [0.1, 0.15) is 0 Å². The molecule has 1 amide bonds. The predicted molar refractivity (Wildman–Crippen MR) is 51.3 cm³/mol. The summed E-state index contributed by atoms with van der Waals surface area (Å²) in [6.45, 7) is 1.93. The number of hydrogen-bond donors (Lipinski definition) is 1. The Morgan fingerprint density at radius 3 is 3.08 bits per heavy atom. The van der Waals surface area contributed by atoms with Crippen LogP contribution in [0.15, 0.2) is 6.20 Å². The SMILES string of the molecule is Cc1cn2c(C(N)=O)c(Cl)nc2s1. The van der Waals surface area contributed by atoms with Crippen LogP contribution in [-0.2, 0) is 0 Å². The number of thiazole rings is 1. The lowest BCUT2D eigenvalue weighted by Gasteiger charge is -1.91. The van der Waals surface area contributed by atoms with Gasteiger partial charge in [-0.15, -0.1) is 11.3 Å². The molecular formula is C7H6ClN3OS. The summed E-state index contributed by atoms with van der Waals surface area (Å²) in [7, 11) is 0. The van der Waals surface area contributed by atoms with Gasteiger partial charge in [-0.05, 0) is 6.92 Å². The van der Waals surface area contributed by atoms with E-state index in [1.54, 1.807) is 10.6 Å². The van der Waals surface area contributed by atoms with Crippen LogP contribution in [0.3, 0.4) is 0 Å². The molecule has 0 aromatic carbocycles. The number of primary amides is 1. The highest BCUT2D eigenvalue weighted by Gasteiger charge is 2.16. The molecule has 0 aliphatic heterocycles. The molecule has 0 bridgehead atoms. The number of fused-ring (bicyclic) bond motifs is 1. The molecule has 2 rings (SSSR count). The summed E-state index contributed by atoms with van der Waals surface area (Å²) in [5.74, 6) is -0.560. The van der Waals surface area contributed by atoms with E-state index in [-0.39, 0.29) is 10.8 Å². The number of amides is 1. The lowest BCUT2D eigenvalue weighted by atomic mass is 10.4. The Morgan fingerprint density at radius 2 is 2.46 bits per heavy atom. The van der Waals surface area contributed by atoms with E-state index in [1.807, 2.05) is 6.92 Å². The largest absolute Gasteiger partial charge is 0.364 e. The molecule has 2 aromatic heterocycles. The van der Waals surface area contributed by atoms with Crippen LogP contribution < -0.4 is 5.73 Å². The molecule has 4 nitrogen and oxygen atoms in total. The first-order valence-corrected chi connectivity index (χ1v) is 4.73. The number of nitrogens with zero attached hydrogens (tertiary/aromatic N) is 2. The number of aromatic nitrogens is 2. The van der Waals surface area contributed by atoms with Crippen molar-refractivity contribution in [2.24, 2.45) is 5.73 Å². The summed E-state index contributed by atoms with van der Waals surface area (Å²) in [4.78, 5) is 16.7. The van der Waals surface area contributed by atoms with Gasteiger partial charge in [0.2, 0.25) is 0 Å². The topological polar surface area (TPSA) is 60.4 Å². The highest BCUT2D eigenvalue weighted by molar-refractivity contribution is 7.17. The normalized spacial score (nSPS) is 10.9. The first kappa shape index (κ1) is 8.52. The van der Waals surface area contributed by atoms with Crippen molar-refractivity contribution in [2.75, 3.05) is 0 Å². The summed E-state index contributed by atoms with van der Waals surface area (Å²) in [5.41, 5.74) is 5.41.